The van der Waals surface area contributed by atoms with Gasteiger partial charge in [-0.3, -0.25) is 0 Å². The summed E-state index contributed by atoms with van der Waals surface area (Å²) < 4.78 is 0. The first-order chi connectivity index (χ1) is 12.2. The molecule has 1 heteroatoms. The van der Waals surface area contributed by atoms with Crippen LogP contribution in [0.1, 0.15) is 38.8 Å². The first kappa shape index (κ1) is 23.0. The molecule has 134 valence electrons. The molecular formula is C24H32S. The highest BCUT2D eigenvalue weighted by Crippen LogP contribution is 2.26. The monoisotopic (exact) mass is 352 g/mol. The third kappa shape index (κ3) is 11.2. The Labute approximate surface area is 159 Å². The summed E-state index contributed by atoms with van der Waals surface area (Å²) in [5, 5.41) is 0. The molecule has 25 heavy (non-hydrogen) atoms. The van der Waals surface area contributed by atoms with Crippen molar-refractivity contribution in [3.8, 4) is 0 Å². The molecular weight excluding hydrogens is 320 g/mol. The van der Waals surface area contributed by atoms with Gasteiger partial charge >= 0.3 is 0 Å². The van der Waals surface area contributed by atoms with E-state index in [4.69, 9.17) is 0 Å². The minimum absolute atomic E-state index is 1.29. The van der Waals surface area contributed by atoms with Crippen molar-refractivity contribution in [2.45, 2.75) is 51.3 Å². The Morgan fingerprint density at radius 1 is 0.440 bits per heavy atom. The molecule has 3 aromatic carbocycles. The van der Waals surface area contributed by atoms with Gasteiger partial charge in [-0.1, -0.05) is 111 Å². The molecule has 0 bridgehead atoms. The molecule has 3 rings (SSSR count). The van der Waals surface area contributed by atoms with Crippen LogP contribution in [0.2, 0.25) is 0 Å². The van der Waals surface area contributed by atoms with Gasteiger partial charge in [0.15, 0.2) is 0 Å². The van der Waals surface area contributed by atoms with E-state index < -0.39 is 0 Å². The van der Waals surface area contributed by atoms with Crippen LogP contribution in [0.3, 0.4) is 0 Å². The van der Waals surface area contributed by atoms with Gasteiger partial charge in [0, 0.05) is 9.79 Å². The van der Waals surface area contributed by atoms with Crippen molar-refractivity contribution < 1.29 is 0 Å². The fraction of sp³-hybridized carbons (Fsp3) is 0.250. The third-order valence-electron chi connectivity index (χ3n) is 2.94. The molecule has 0 aliphatic rings. The predicted octanol–water partition coefficient (Wildman–Crippen LogP) is 8.19. The molecule has 0 saturated heterocycles. The van der Waals surface area contributed by atoms with Crippen molar-refractivity contribution in [3.63, 3.8) is 0 Å². The molecule has 0 fully saturated rings. The summed E-state index contributed by atoms with van der Waals surface area (Å²) in [7, 11) is 0. The zero-order valence-corrected chi connectivity index (χ0v) is 17.3. The van der Waals surface area contributed by atoms with Crippen LogP contribution in [0.25, 0.3) is 0 Å². The first-order valence-electron chi connectivity index (χ1n) is 9.05. The third-order valence-corrected chi connectivity index (χ3v) is 3.96. The quantitative estimate of drug-likeness (QED) is 0.448. The van der Waals surface area contributed by atoms with Crippen LogP contribution in [0.4, 0.5) is 0 Å². The molecule has 0 aliphatic carbocycles. The van der Waals surface area contributed by atoms with Crippen molar-refractivity contribution in [2.24, 2.45) is 0 Å². The smallest absolute Gasteiger partial charge is 0.0122 e. The van der Waals surface area contributed by atoms with Gasteiger partial charge in [0.05, 0.1) is 0 Å². The van der Waals surface area contributed by atoms with Crippen molar-refractivity contribution in [1.29, 1.82) is 0 Å². The number of hydrogen-bond donors (Lipinski definition) is 0. The van der Waals surface area contributed by atoms with Crippen LogP contribution in [0.15, 0.2) is 94.7 Å². The van der Waals surface area contributed by atoms with Crippen molar-refractivity contribution in [2.75, 3.05) is 0 Å². The van der Waals surface area contributed by atoms with E-state index in [0.717, 1.165) is 0 Å². The average molecular weight is 353 g/mol. The van der Waals surface area contributed by atoms with Gasteiger partial charge in [0.2, 0.25) is 0 Å². The van der Waals surface area contributed by atoms with Crippen LogP contribution in [-0.2, 0) is 0 Å². The van der Waals surface area contributed by atoms with E-state index in [9.17, 15) is 0 Å². The lowest BCUT2D eigenvalue weighted by Crippen LogP contribution is -1.70. The maximum Gasteiger partial charge on any atom is 0.0122 e. The molecule has 0 aliphatic heterocycles. The van der Waals surface area contributed by atoms with Gasteiger partial charge in [-0.05, 0) is 38.1 Å². The second-order valence-corrected chi connectivity index (χ2v) is 6.03. The van der Waals surface area contributed by atoms with Crippen molar-refractivity contribution >= 4 is 11.8 Å². The fourth-order valence-corrected chi connectivity index (χ4v) is 2.61. The highest BCUT2D eigenvalue weighted by molar-refractivity contribution is 7.99. The first-order valence-corrected chi connectivity index (χ1v) is 9.87. The van der Waals surface area contributed by atoms with Gasteiger partial charge < -0.3 is 0 Å². The van der Waals surface area contributed by atoms with Gasteiger partial charge in [-0.2, -0.15) is 0 Å². The van der Waals surface area contributed by atoms with E-state index in [2.05, 4.69) is 86.6 Å². The summed E-state index contributed by atoms with van der Waals surface area (Å²) in [6.45, 7) is 12.2. The van der Waals surface area contributed by atoms with Crippen LogP contribution >= 0.6 is 11.8 Å². The van der Waals surface area contributed by atoms with E-state index in [-0.39, 0.29) is 0 Å². The zero-order valence-electron chi connectivity index (χ0n) is 16.5. The van der Waals surface area contributed by atoms with Crippen LogP contribution in [-0.4, -0.2) is 0 Å². The van der Waals surface area contributed by atoms with Gasteiger partial charge in [-0.25, -0.2) is 0 Å². The average Bonchev–Trinajstić information content (AvgIpc) is 2.69. The Hall–Kier alpha value is -1.99. The van der Waals surface area contributed by atoms with E-state index in [1.165, 1.54) is 20.9 Å². The standard InChI is InChI=1S/C12H10S.C8H10.2C2H6/c1-3-7-11(8-4-1)13-12-9-5-2-6-10-12;1-7-3-5-8(2)6-4-7;2*1-2/h1-10H;3-6H,1-2H3;2*1-2H3. The normalized spacial score (nSPS) is 8.56. The summed E-state index contributed by atoms with van der Waals surface area (Å²) in [5.41, 5.74) is 2.66. The molecule has 0 atom stereocenters. The SMILES string of the molecule is CC.CC.Cc1ccc(C)cc1.c1ccc(Sc2ccccc2)cc1. The Morgan fingerprint density at radius 3 is 1.00 bits per heavy atom. The summed E-state index contributed by atoms with van der Waals surface area (Å²) in [4.78, 5) is 2.57. The predicted molar refractivity (Wildman–Crippen MR) is 116 cm³/mol. The summed E-state index contributed by atoms with van der Waals surface area (Å²) >= 11 is 1.79. The number of hydrogen-bond acceptors (Lipinski definition) is 1. The molecule has 0 aromatic heterocycles. The summed E-state index contributed by atoms with van der Waals surface area (Å²) in [5.74, 6) is 0. The molecule has 0 N–H and O–H groups in total. The maximum absolute atomic E-state index is 2.12. The highest BCUT2D eigenvalue weighted by Gasteiger charge is 1.93. The molecule has 3 aromatic rings. The van der Waals surface area contributed by atoms with Crippen molar-refractivity contribution in [3.05, 3.63) is 96.1 Å². The van der Waals surface area contributed by atoms with Crippen molar-refractivity contribution in [1.82, 2.24) is 0 Å². The van der Waals surface area contributed by atoms with E-state index in [1.54, 1.807) is 11.8 Å². The number of benzene rings is 3. The number of aryl methyl sites for hydroxylation is 2. The van der Waals surface area contributed by atoms with E-state index >= 15 is 0 Å². The second kappa shape index (κ2) is 15.5. The molecule has 0 nitrogen and oxygen atoms in total. The molecule has 0 radical (unpaired) electrons. The number of rotatable bonds is 2. The summed E-state index contributed by atoms with van der Waals surface area (Å²) in [6.07, 6.45) is 0. The van der Waals surface area contributed by atoms with Crippen LogP contribution in [0, 0.1) is 13.8 Å². The van der Waals surface area contributed by atoms with E-state index in [0.29, 0.717) is 0 Å². The lowest BCUT2D eigenvalue weighted by Gasteiger charge is -1.99. The molecule has 0 saturated carbocycles. The maximum atomic E-state index is 2.12. The Kier molecular flexibility index (Phi) is 14.3. The lowest BCUT2D eigenvalue weighted by molar-refractivity contribution is 1.40. The molecule has 0 amide bonds. The topological polar surface area (TPSA) is 0 Å². The summed E-state index contributed by atoms with van der Waals surface area (Å²) in [6, 6.07) is 29.3. The fourth-order valence-electron chi connectivity index (χ4n) is 1.75. The Bertz CT molecular complexity index is 569. The second-order valence-electron chi connectivity index (χ2n) is 4.88. The minimum Gasteiger partial charge on any atom is -0.0901 e. The van der Waals surface area contributed by atoms with Crippen LogP contribution < -0.4 is 0 Å². The minimum atomic E-state index is 1.29. The molecule has 0 heterocycles. The van der Waals surface area contributed by atoms with Gasteiger partial charge in [-0.15, -0.1) is 0 Å². The van der Waals surface area contributed by atoms with E-state index in [1.807, 2.05) is 39.8 Å². The lowest BCUT2D eigenvalue weighted by atomic mass is 10.2. The highest BCUT2D eigenvalue weighted by atomic mass is 32.2. The zero-order chi connectivity index (χ0) is 18.9. The molecule has 0 unspecified atom stereocenters. The Balaban J connectivity index is 0.000000414. The van der Waals surface area contributed by atoms with Gasteiger partial charge in [0.1, 0.15) is 0 Å². The van der Waals surface area contributed by atoms with Gasteiger partial charge in [0.25, 0.3) is 0 Å². The van der Waals surface area contributed by atoms with Crippen LogP contribution in [0.5, 0.6) is 0 Å². The molecule has 0 spiro atoms. The largest absolute Gasteiger partial charge is 0.0901 e. The Morgan fingerprint density at radius 2 is 0.720 bits per heavy atom.